The number of hydrogen-bond acceptors (Lipinski definition) is 5. The van der Waals surface area contributed by atoms with Crippen molar-refractivity contribution >= 4 is 41.0 Å². The predicted molar refractivity (Wildman–Crippen MR) is 109 cm³/mol. The van der Waals surface area contributed by atoms with Crippen molar-refractivity contribution in [3.8, 4) is 0 Å². The molecule has 8 nitrogen and oxygen atoms in total. The molecule has 1 fully saturated rings. The molecule has 1 N–H and O–H groups in total. The van der Waals surface area contributed by atoms with Crippen LogP contribution >= 0.6 is 11.6 Å². The van der Waals surface area contributed by atoms with Crippen LogP contribution in [0.2, 0.25) is 5.02 Å². The summed E-state index contributed by atoms with van der Waals surface area (Å²) in [5.74, 6) is -0.450. The van der Waals surface area contributed by atoms with Gasteiger partial charge in [-0.15, -0.1) is 0 Å². The SMILES string of the molecule is O=C(Nc1ccc(Cl)cn1)C1CCCN(C(=O)/C=C/c2ccccc2[N+](=O)[O-])C1. The molecule has 0 spiro atoms. The normalized spacial score (nSPS) is 16.6. The Hall–Kier alpha value is -3.26. The maximum atomic E-state index is 12.5. The van der Waals surface area contributed by atoms with Gasteiger partial charge in [-0.05, 0) is 37.1 Å². The quantitative estimate of drug-likeness (QED) is 0.457. The van der Waals surface area contributed by atoms with Crippen LogP contribution in [0.4, 0.5) is 11.5 Å². The van der Waals surface area contributed by atoms with Crippen LogP contribution in [0.1, 0.15) is 18.4 Å². The average Bonchev–Trinajstić information content (AvgIpc) is 2.73. The van der Waals surface area contributed by atoms with Gasteiger partial charge in [0, 0.05) is 31.4 Å². The van der Waals surface area contributed by atoms with Crippen LogP contribution in [0, 0.1) is 16.0 Å². The second-order valence-electron chi connectivity index (χ2n) is 6.62. The van der Waals surface area contributed by atoms with Crippen LogP contribution in [0.15, 0.2) is 48.7 Å². The number of benzene rings is 1. The van der Waals surface area contributed by atoms with E-state index in [-0.39, 0.29) is 30.0 Å². The summed E-state index contributed by atoms with van der Waals surface area (Å²) in [6.07, 6.45) is 5.54. The van der Waals surface area contributed by atoms with E-state index in [2.05, 4.69) is 10.3 Å². The van der Waals surface area contributed by atoms with E-state index >= 15 is 0 Å². The number of carbonyl (C=O) groups is 2. The van der Waals surface area contributed by atoms with Crippen molar-refractivity contribution in [2.75, 3.05) is 18.4 Å². The number of carbonyl (C=O) groups excluding carboxylic acids is 2. The zero-order valence-corrected chi connectivity index (χ0v) is 16.2. The second kappa shape index (κ2) is 9.29. The van der Waals surface area contributed by atoms with Gasteiger partial charge in [-0.1, -0.05) is 23.7 Å². The minimum atomic E-state index is -0.490. The van der Waals surface area contributed by atoms with Gasteiger partial charge in [0.2, 0.25) is 11.8 Å². The zero-order valence-electron chi connectivity index (χ0n) is 15.5. The first-order valence-electron chi connectivity index (χ1n) is 9.07. The van der Waals surface area contributed by atoms with Crippen molar-refractivity contribution < 1.29 is 14.5 Å². The lowest BCUT2D eigenvalue weighted by molar-refractivity contribution is -0.385. The molecular formula is C20H19ClN4O4. The molecule has 2 amide bonds. The van der Waals surface area contributed by atoms with Gasteiger partial charge in [-0.25, -0.2) is 4.98 Å². The molecule has 1 saturated heterocycles. The number of nitrogens with zero attached hydrogens (tertiary/aromatic N) is 3. The molecule has 150 valence electrons. The number of aromatic nitrogens is 1. The largest absolute Gasteiger partial charge is 0.338 e. The van der Waals surface area contributed by atoms with Crippen LogP contribution in [0.5, 0.6) is 0 Å². The van der Waals surface area contributed by atoms with Gasteiger partial charge in [-0.2, -0.15) is 0 Å². The van der Waals surface area contributed by atoms with Crippen LogP contribution in [-0.4, -0.2) is 39.7 Å². The lowest BCUT2D eigenvalue weighted by Gasteiger charge is -2.31. The van der Waals surface area contributed by atoms with Gasteiger partial charge < -0.3 is 10.2 Å². The van der Waals surface area contributed by atoms with E-state index < -0.39 is 4.92 Å². The third-order valence-electron chi connectivity index (χ3n) is 4.62. The number of amides is 2. The standard InChI is InChI=1S/C20H19ClN4O4/c21-16-8-9-18(22-12-16)23-20(27)15-5-3-11-24(13-15)19(26)10-7-14-4-1-2-6-17(14)25(28)29/h1-2,4,6-10,12,15H,3,5,11,13H2,(H,22,23,27)/b10-7+. The van der Waals surface area contributed by atoms with Gasteiger partial charge in [0.15, 0.2) is 0 Å². The fraction of sp³-hybridized carbons (Fsp3) is 0.250. The van der Waals surface area contributed by atoms with Crippen molar-refractivity contribution in [2.45, 2.75) is 12.8 Å². The second-order valence-corrected chi connectivity index (χ2v) is 7.06. The number of rotatable bonds is 5. The Kier molecular flexibility index (Phi) is 6.56. The van der Waals surface area contributed by atoms with Crippen LogP contribution < -0.4 is 5.32 Å². The molecule has 3 rings (SSSR count). The van der Waals surface area contributed by atoms with E-state index in [0.717, 1.165) is 0 Å². The molecule has 1 aliphatic rings. The Balaban J connectivity index is 1.62. The van der Waals surface area contributed by atoms with Crippen LogP contribution in [0.3, 0.4) is 0 Å². The first kappa shape index (κ1) is 20.5. The highest BCUT2D eigenvalue weighted by molar-refractivity contribution is 6.30. The first-order chi connectivity index (χ1) is 13.9. The third kappa shape index (κ3) is 5.39. The third-order valence-corrected chi connectivity index (χ3v) is 4.85. The molecule has 1 unspecified atom stereocenters. The molecule has 9 heteroatoms. The number of para-hydroxylation sites is 1. The number of halogens is 1. The topological polar surface area (TPSA) is 105 Å². The minimum absolute atomic E-state index is 0.0667. The fourth-order valence-electron chi connectivity index (χ4n) is 3.13. The molecule has 1 aromatic heterocycles. The number of nitro groups is 1. The molecule has 1 aliphatic heterocycles. The van der Waals surface area contributed by atoms with E-state index in [0.29, 0.717) is 35.8 Å². The molecule has 0 saturated carbocycles. The highest BCUT2D eigenvalue weighted by Crippen LogP contribution is 2.21. The van der Waals surface area contributed by atoms with E-state index in [4.69, 9.17) is 11.6 Å². The van der Waals surface area contributed by atoms with Crippen molar-refractivity contribution in [1.29, 1.82) is 0 Å². The minimum Gasteiger partial charge on any atom is -0.338 e. The van der Waals surface area contributed by atoms with Crippen molar-refractivity contribution in [3.05, 3.63) is 69.4 Å². The predicted octanol–water partition coefficient (Wildman–Crippen LogP) is 3.53. The van der Waals surface area contributed by atoms with E-state index in [9.17, 15) is 19.7 Å². The van der Waals surface area contributed by atoms with Crippen molar-refractivity contribution in [1.82, 2.24) is 9.88 Å². The number of nitrogens with one attached hydrogen (secondary N) is 1. The first-order valence-corrected chi connectivity index (χ1v) is 9.44. The summed E-state index contributed by atoms with van der Waals surface area (Å²) in [4.78, 5) is 41.2. The highest BCUT2D eigenvalue weighted by Gasteiger charge is 2.28. The zero-order chi connectivity index (χ0) is 20.8. The molecule has 0 aliphatic carbocycles. The maximum Gasteiger partial charge on any atom is 0.276 e. The summed E-state index contributed by atoms with van der Waals surface area (Å²) >= 11 is 5.79. The molecule has 2 aromatic rings. The molecule has 0 bridgehead atoms. The monoisotopic (exact) mass is 414 g/mol. The number of anilines is 1. The summed E-state index contributed by atoms with van der Waals surface area (Å²) < 4.78 is 0. The molecule has 29 heavy (non-hydrogen) atoms. The summed E-state index contributed by atoms with van der Waals surface area (Å²) in [5, 5.41) is 14.3. The van der Waals surface area contributed by atoms with Gasteiger partial charge in [0.25, 0.3) is 5.69 Å². The van der Waals surface area contributed by atoms with E-state index in [1.807, 2.05) is 0 Å². The number of piperidine rings is 1. The molecule has 2 heterocycles. The van der Waals surface area contributed by atoms with Crippen LogP contribution in [0.25, 0.3) is 6.08 Å². The molecule has 1 atom stereocenters. The Bertz CT molecular complexity index is 946. The number of pyridine rings is 1. The molecule has 1 aromatic carbocycles. The Morgan fingerprint density at radius 2 is 2.07 bits per heavy atom. The van der Waals surface area contributed by atoms with Gasteiger partial charge >= 0.3 is 0 Å². The van der Waals surface area contributed by atoms with Crippen molar-refractivity contribution in [2.24, 2.45) is 5.92 Å². The average molecular weight is 415 g/mol. The molecular weight excluding hydrogens is 396 g/mol. The Morgan fingerprint density at radius 1 is 1.28 bits per heavy atom. The lowest BCUT2D eigenvalue weighted by Crippen LogP contribution is -2.43. The van der Waals surface area contributed by atoms with Crippen LogP contribution in [-0.2, 0) is 9.59 Å². The van der Waals surface area contributed by atoms with E-state index in [1.165, 1.54) is 24.4 Å². The fourth-order valence-corrected chi connectivity index (χ4v) is 3.24. The van der Waals surface area contributed by atoms with Gasteiger partial charge in [0.05, 0.1) is 21.4 Å². The van der Waals surface area contributed by atoms with Gasteiger partial charge in [0.1, 0.15) is 5.82 Å². The molecule has 0 radical (unpaired) electrons. The maximum absolute atomic E-state index is 12.5. The summed E-state index contributed by atoms with van der Waals surface area (Å²) in [7, 11) is 0. The highest BCUT2D eigenvalue weighted by atomic mass is 35.5. The Labute approximate surface area is 172 Å². The number of hydrogen-bond donors (Lipinski definition) is 1. The number of likely N-dealkylation sites (tertiary alicyclic amines) is 1. The lowest BCUT2D eigenvalue weighted by atomic mass is 9.97. The summed E-state index contributed by atoms with van der Waals surface area (Å²) in [5.41, 5.74) is 0.286. The van der Waals surface area contributed by atoms with E-state index in [1.54, 1.807) is 35.2 Å². The summed E-state index contributed by atoms with van der Waals surface area (Å²) in [6, 6.07) is 9.45. The Morgan fingerprint density at radius 3 is 2.79 bits per heavy atom. The smallest absolute Gasteiger partial charge is 0.276 e. The summed E-state index contributed by atoms with van der Waals surface area (Å²) in [6.45, 7) is 0.808. The number of nitro benzene ring substituents is 1. The van der Waals surface area contributed by atoms with Gasteiger partial charge in [-0.3, -0.25) is 19.7 Å². The van der Waals surface area contributed by atoms with Crippen molar-refractivity contribution in [3.63, 3.8) is 0 Å².